The quantitative estimate of drug-likeness (QED) is 0.465. The summed E-state index contributed by atoms with van der Waals surface area (Å²) in [6.45, 7) is 5.16. The number of nitrogens with zero attached hydrogens (tertiary/aromatic N) is 4. The van der Waals surface area contributed by atoms with Crippen LogP contribution in [0.1, 0.15) is 43.0 Å². The first-order chi connectivity index (χ1) is 16.2. The van der Waals surface area contributed by atoms with Crippen molar-refractivity contribution in [3.63, 3.8) is 0 Å². The first-order valence-electron chi connectivity index (χ1n) is 11.4. The first kappa shape index (κ1) is 24.4. The number of piperazine rings is 1. The maximum absolute atomic E-state index is 13.1. The van der Waals surface area contributed by atoms with Crippen molar-refractivity contribution in [2.75, 3.05) is 24.5 Å². The molecule has 1 N–H and O–H groups in total. The zero-order valence-corrected chi connectivity index (χ0v) is 19.7. The molecule has 1 aliphatic heterocycles. The summed E-state index contributed by atoms with van der Waals surface area (Å²) in [5.41, 5.74) is 1.45. The number of benzene rings is 1. The van der Waals surface area contributed by atoms with E-state index in [2.05, 4.69) is 26.7 Å². The molecule has 1 aromatic carbocycles. The topological polar surface area (TPSA) is 69.6 Å². The monoisotopic (exact) mass is 492 g/mol. The van der Waals surface area contributed by atoms with Gasteiger partial charge in [-0.2, -0.15) is 13.2 Å². The highest BCUT2D eigenvalue weighted by atomic mass is 32.1. The molecule has 3 heterocycles. The molecule has 1 saturated heterocycles. The number of anilines is 1. The number of halogens is 3. The molecule has 0 saturated carbocycles. The van der Waals surface area contributed by atoms with Gasteiger partial charge in [0.05, 0.1) is 6.42 Å². The maximum Gasteiger partial charge on any atom is 0.433 e. The van der Waals surface area contributed by atoms with E-state index in [4.69, 9.17) is 5.11 Å². The second-order valence-corrected chi connectivity index (χ2v) is 9.59. The van der Waals surface area contributed by atoms with Gasteiger partial charge in [-0.05, 0) is 29.7 Å². The zero-order valence-electron chi connectivity index (χ0n) is 18.9. The third-order valence-corrected chi connectivity index (χ3v) is 6.99. The molecule has 0 bridgehead atoms. The van der Waals surface area contributed by atoms with Crippen LogP contribution in [0.25, 0.3) is 10.3 Å². The fourth-order valence-corrected chi connectivity index (χ4v) is 5.40. The molecule has 0 radical (unpaired) electrons. The van der Waals surface area contributed by atoms with E-state index in [0.29, 0.717) is 15.5 Å². The highest BCUT2D eigenvalue weighted by Gasteiger charge is 2.33. The van der Waals surface area contributed by atoms with Crippen molar-refractivity contribution in [1.29, 1.82) is 0 Å². The molecule has 0 unspecified atom stereocenters. The minimum Gasteiger partial charge on any atom is -0.481 e. The van der Waals surface area contributed by atoms with E-state index in [1.54, 1.807) is 0 Å². The largest absolute Gasteiger partial charge is 0.481 e. The summed E-state index contributed by atoms with van der Waals surface area (Å²) in [7, 11) is 0. The number of carboxylic acids is 1. The van der Waals surface area contributed by atoms with Crippen LogP contribution in [0.2, 0.25) is 0 Å². The number of thiazole rings is 1. The van der Waals surface area contributed by atoms with Crippen molar-refractivity contribution < 1.29 is 23.1 Å². The van der Waals surface area contributed by atoms with Crippen LogP contribution in [0.3, 0.4) is 0 Å². The number of carboxylic acid groups (broad SMARTS) is 1. The third kappa shape index (κ3) is 5.85. The van der Waals surface area contributed by atoms with E-state index < -0.39 is 17.8 Å². The van der Waals surface area contributed by atoms with E-state index >= 15 is 0 Å². The van der Waals surface area contributed by atoms with Crippen LogP contribution in [-0.2, 0) is 23.9 Å². The van der Waals surface area contributed by atoms with Gasteiger partial charge in [0, 0.05) is 32.2 Å². The fraction of sp³-hybridized carbons (Fsp3) is 0.458. The van der Waals surface area contributed by atoms with Crippen LogP contribution in [0, 0.1) is 0 Å². The first-order valence-corrected chi connectivity index (χ1v) is 12.2. The highest BCUT2D eigenvalue weighted by Crippen LogP contribution is 2.34. The molecule has 34 heavy (non-hydrogen) atoms. The molecular formula is C24H27F3N4O2S. The molecule has 182 valence electrons. The number of hydrogen-bond donors (Lipinski definition) is 1. The third-order valence-electron chi connectivity index (χ3n) is 5.99. The van der Waals surface area contributed by atoms with Gasteiger partial charge in [-0.1, -0.05) is 55.4 Å². The van der Waals surface area contributed by atoms with E-state index in [9.17, 15) is 18.0 Å². The van der Waals surface area contributed by atoms with Crippen molar-refractivity contribution in [3.05, 3.63) is 53.2 Å². The fourth-order valence-electron chi connectivity index (χ4n) is 4.36. The summed E-state index contributed by atoms with van der Waals surface area (Å²) in [6, 6.07) is 10.2. The van der Waals surface area contributed by atoms with Gasteiger partial charge in [0.2, 0.25) is 0 Å². The number of fused-ring (bicyclic) bond motifs is 1. The Labute approximate surface area is 200 Å². The number of aromatic nitrogens is 2. The Hall–Kier alpha value is -2.72. The Bertz CT molecular complexity index is 1150. The number of carbonyl (C=O) groups is 1. The number of unbranched alkanes of at least 4 members (excludes halogenated alkanes) is 1. The molecule has 3 aromatic rings. The predicted molar refractivity (Wildman–Crippen MR) is 126 cm³/mol. The SMILES string of the molecule is CCCC[C@H]1CN(Cc2cccc(CC(=O)O)c2)CCN1c1nc2ccc(C(F)(F)F)nc2s1. The van der Waals surface area contributed by atoms with Crippen molar-refractivity contribution >= 4 is 32.8 Å². The lowest BCUT2D eigenvalue weighted by molar-refractivity contribution is -0.141. The number of hydrogen-bond acceptors (Lipinski definition) is 6. The summed E-state index contributed by atoms with van der Waals surface area (Å²) in [4.78, 5) is 24.3. The highest BCUT2D eigenvalue weighted by molar-refractivity contribution is 7.21. The standard InChI is InChI=1S/C24H27F3N4O2S/c1-2-3-7-18-15-30(14-17-6-4-5-16(12-17)13-21(32)33)10-11-31(18)23-28-19-8-9-20(24(25,26)27)29-22(19)34-23/h4-6,8-9,12,18H,2-3,7,10-11,13-15H2,1H3,(H,32,33)/t18-/m0/s1. The zero-order chi connectivity index (χ0) is 24.3. The number of pyridine rings is 1. The van der Waals surface area contributed by atoms with Crippen LogP contribution in [-0.4, -0.2) is 51.6 Å². The Kier molecular flexibility index (Phi) is 7.37. The molecule has 10 heteroatoms. The smallest absolute Gasteiger partial charge is 0.433 e. The van der Waals surface area contributed by atoms with Crippen molar-refractivity contribution in [3.8, 4) is 0 Å². The summed E-state index contributed by atoms with van der Waals surface area (Å²) < 4.78 is 39.2. The minimum atomic E-state index is -4.48. The molecule has 2 aromatic heterocycles. The lowest BCUT2D eigenvalue weighted by atomic mass is 10.0. The van der Waals surface area contributed by atoms with Crippen molar-refractivity contribution in [2.45, 2.75) is 51.4 Å². The van der Waals surface area contributed by atoms with Crippen LogP contribution in [0.4, 0.5) is 18.3 Å². The molecule has 1 aliphatic rings. The Morgan fingerprint density at radius 1 is 1.18 bits per heavy atom. The summed E-state index contributed by atoms with van der Waals surface area (Å²) >= 11 is 1.21. The molecule has 0 aliphatic carbocycles. The van der Waals surface area contributed by atoms with Crippen LogP contribution >= 0.6 is 11.3 Å². The normalized spacial score (nSPS) is 17.4. The summed E-state index contributed by atoms with van der Waals surface area (Å²) in [5.74, 6) is -0.849. The molecule has 0 spiro atoms. The van der Waals surface area contributed by atoms with Crippen molar-refractivity contribution in [2.24, 2.45) is 0 Å². The summed E-state index contributed by atoms with van der Waals surface area (Å²) in [6.07, 6.45) is -1.41. The van der Waals surface area contributed by atoms with E-state index in [1.165, 1.54) is 17.4 Å². The van der Waals surface area contributed by atoms with Gasteiger partial charge in [0.15, 0.2) is 5.13 Å². The second kappa shape index (κ2) is 10.3. The lowest BCUT2D eigenvalue weighted by Gasteiger charge is -2.41. The van der Waals surface area contributed by atoms with E-state index in [1.807, 2.05) is 24.3 Å². The molecular weight excluding hydrogens is 465 g/mol. The average molecular weight is 493 g/mol. The Morgan fingerprint density at radius 3 is 2.71 bits per heavy atom. The Balaban J connectivity index is 1.51. The average Bonchev–Trinajstić information content (AvgIpc) is 3.20. The van der Waals surface area contributed by atoms with E-state index in [0.717, 1.165) is 62.6 Å². The van der Waals surface area contributed by atoms with Gasteiger partial charge in [0.1, 0.15) is 16.0 Å². The van der Waals surface area contributed by atoms with Gasteiger partial charge in [-0.3, -0.25) is 9.69 Å². The van der Waals surface area contributed by atoms with Gasteiger partial charge >= 0.3 is 12.1 Å². The minimum absolute atomic E-state index is 0.00242. The van der Waals surface area contributed by atoms with Crippen LogP contribution < -0.4 is 4.90 Å². The van der Waals surface area contributed by atoms with Gasteiger partial charge in [0.25, 0.3) is 0 Å². The maximum atomic E-state index is 13.1. The van der Waals surface area contributed by atoms with E-state index in [-0.39, 0.29) is 12.5 Å². The molecule has 1 atom stereocenters. The number of aliphatic carboxylic acids is 1. The lowest BCUT2D eigenvalue weighted by Crippen LogP contribution is -2.53. The predicted octanol–water partition coefficient (Wildman–Crippen LogP) is 5.22. The van der Waals surface area contributed by atoms with Gasteiger partial charge in [-0.15, -0.1) is 0 Å². The molecule has 4 rings (SSSR count). The molecule has 0 amide bonds. The second-order valence-electron chi connectivity index (χ2n) is 8.63. The van der Waals surface area contributed by atoms with Crippen LogP contribution in [0.15, 0.2) is 36.4 Å². The number of rotatable bonds is 8. The summed E-state index contributed by atoms with van der Waals surface area (Å²) in [5, 5.41) is 9.77. The molecule has 6 nitrogen and oxygen atoms in total. The number of alkyl halides is 3. The van der Waals surface area contributed by atoms with Crippen LogP contribution in [0.5, 0.6) is 0 Å². The Morgan fingerprint density at radius 2 is 1.97 bits per heavy atom. The molecule has 1 fully saturated rings. The van der Waals surface area contributed by atoms with Gasteiger partial charge < -0.3 is 10.0 Å². The van der Waals surface area contributed by atoms with Crippen molar-refractivity contribution in [1.82, 2.24) is 14.9 Å². The van der Waals surface area contributed by atoms with Gasteiger partial charge in [-0.25, -0.2) is 9.97 Å².